The second-order valence-corrected chi connectivity index (χ2v) is 7.28. The molecule has 1 heterocycles. The van der Waals surface area contributed by atoms with Crippen LogP contribution in [-0.4, -0.2) is 30.3 Å². The molecule has 0 bridgehead atoms. The maximum Gasteiger partial charge on any atom is 0.251 e. The molecule has 26 heavy (non-hydrogen) atoms. The lowest BCUT2D eigenvalue weighted by molar-refractivity contribution is -0.123. The number of nitrogens with one attached hydrogen (secondary N) is 1. The first kappa shape index (κ1) is 18.4. The topological polar surface area (TPSA) is 92.5 Å². The number of anilines is 1. The normalized spacial score (nSPS) is 24.0. The largest absolute Gasteiger partial charge is 0.369 e. The van der Waals surface area contributed by atoms with E-state index in [4.69, 9.17) is 5.73 Å². The molecule has 2 aliphatic rings. The maximum absolute atomic E-state index is 12.5. The van der Waals surface area contributed by atoms with E-state index in [-0.39, 0.29) is 29.7 Å². The number of primary amides is 1. The van der Waals surface area contributed by atoms with Gasteiger partial charge in [-0.05, 0) is 49.9 Å². The minimum absolute atomic E-state index is 0.145. The van der Waals surface area contributed by atoms with Crippen LogP contribution in [0.4, 0.5) is 5.69 Å². The molecule has 1 saturated carbocycles. The lowest BCUT2D eigenvalue weighted by Gasteiger charge is -2.30. The molecule has 1 aliphatic heterocycles. The van der Waals surface area contributed by atoms with Gasteiger partial charge >= 0.3 is 0 Å². The van der Waals surface area contributed by atoms with Crippen molar-refractivity contribution >= 4 is 23.4 Å². The molecule has 140 valence electrons. The fraction of sp³-hybridized carbons (Fsp3) is 0.550. The van der Waals surface area contributed by atoms with Crippen molar-refractivity contribution in [2.24, 2.45) is 11.7 Å². The molecule has 6 heteroatoms. The van der Waals surface area contributed by atoms with E-state index < -0.39 is 0 Å². The number of carbonyl (C=O) groups is 3. The van der Waals surface area contributed by atoms with E-state index in [1.54, 1.807) is 17.0 Å². The Kier molecular flexibility index (Phi) is 5.91. The van der Waals surface area contributed by atoms with Crippen molar-refractivity contribution in [3.05, 3.63) is 29.8 Å². The van der Waals surface area contributed by atoms with Gasteiger partial charge in [0.05, 0.1) is 5.92 Å². The molecule has 1 aliphatic carbocycles. The molecule has 1 aromatic rings. The lowest BCUT2D eigenvalue weighted by Crippen LogP contribution is -2.47. The Hall–Kier alpha value is -2.37. The van der Waals surface area contributed by atoms with Gasteiger partial charge in [0.1, 0.15) is 0 Å². The Morgan fingerprint density at radius 2 is 1.73 bits per heavy atom. The SMILES string of the molecule is NC(=O)C1CCCCC1NC(=O)c1ccc(N2CCCCCC2=O)cc1. The summed E-state index contributed by atoms with van der Waals surface area (Å²) >= 11 is 0. The van der Waals surface area contributed by atoms with Gasteiger partial charge in [0.15, 0.2) is 0 Å². The van der Waals surface area contributed by atoms with Crippen molar-refractivity contribution in [2.75, 3.05) is 11.4 Å². The Balaban J connectivity index is 1.66. The van der Waals surface area contributed by atoms with Crippen molar-refractivity contribution in [3.63, 3.8) is 0 Å². The molecule has 1 saturated heterocycles. The molecule has 0 radical (unpaired) electrons. The van der Waals surface area contributed by atoms with E-state index in [9.17, 15) is 14.4 Å². The van der Waals surface area contributed by atoms with Crippen LogP contribution in [0.2, 0.25) is 0 Å². The summed E-state index contributed by atoms with van der Waals surface area (Å²) in [5, 5.41) is 2.96. The average Bonchev–Trinajstić information content (AvgIpc) is 2.86. The predicted molar refractivity (Wildman–Crippen MR) is 99.7 cm³/mol. The zero-order chi connectivity index (χ0) is 18.5. The molecule has 0 spiro atoms. The smallest absolute Gasteiger partial charge is 0.251 e. The fourth-order valence-corrected chi connectivity index (χ4v) is 3.94. The van der Waals surface area contributed by atoms with Crippen molar-refractivity contribution in [1.82, 2.24) is 5.32 Å². The van der Waals surface area contributed by atoms with Crippen molar-refractivity contribution < 1.29 is 14.4 Å². The Bertz CT molecular complexity index is 671. The van der Waals surface area contributed by atoms with Gasteiger partial charge in [-0.1, -0.05) is 19.3 Å². The van der Waals surface area contributed by atoms with Gasteiger partial charge < -0.3 is 16.0 Å². The summed E-state index contributed by atoms with van der Waals surface area (Å²) in [5.74, 6) is -0.685. The van der Waals surface area contributed by atoms with Crippen LogP contribution in [0.3, 0.4) is 0 Å². The van der Waals surface area contributed by atoms with E-state index in [0.717, 1.165) is 57.2 Å². The second kappa shape index (κ2) is 8.34. The maximum atomic E-state index is 12.5. The Morgan fingerprint density at radius 1 is 1.00 bits per heavy atom. The summed E-state index contributed by atoms with van der Waals surface area (Å²) in [7, 11) is 0. The Labute approximate surface area is 154 Å². The van der Waals surface area contributed by atoms with Crippen molar-refractivity contribution in [3.8, 4) is 0 Å². The number of carbonyl (C=O) groups excluding carboxylic acids is 3. The van der Waals surface area contributed by atoms with Gasteiger partial charge in [-0.15, -0.1) is 0 Å². The van der Waals surface area contributed by atoms with E-state index in [2.05, 4.69) is 5.32 Å². The minimum atomic E-state index is -0.343. The van der Waals surface area contributed by atoms with Gasteiger partial charge in [0.25, 0.3) is 5.91 Å². The molecule has 6 nitrogen and oxygen atoms in total. The van der Waals surface area contributed by atoms with Crippen LogP contribution < -0.4 is 16.0 Å². The van der Waals surface area contributed by atoms with Gasteiger partial charge in [0, 0.05) is 30.3 Å². The monoisotopic (exact) mass is 357 g/mol. The van der Waals surface area contributed by atoms with Gasteiger partial charge in [-0.25, -0.2) is 0 Å². The summed E-state index contributed by atoms with van der Waals surface area (Å²) in [5.41, 5.74) is 6.84. The zero-order valence-electron chi connectivity index (χ0n) is 15.1. The van der Waals surface area contributed by atoms with Gasteiger partial charge in [0.2, 0.25) is 11.8 Å². The molecule has 2 atom stereocenters. The summed E-state index contributed by atoms with van der Waals surface area (Å²) in [4.78, 5) is 38.1. The van der Waals surface area contributed by atoms with Crippen LogP contribution >= 0.6 is 0 Å². The molecule has 0 aromatic heterocycles. The van der Waals surface area contributed by atoms with E-state index in [1.807, 2.05) is 12.1 Å². The molecular formula is C20H27N3O3. The first-order chi connectivity index (χ1) is 12.6. The molecule has 2 unspecified atom stereocenters. The molecule has 3 amide bonds. The predicted octanol–water partition coefficient (Wildman–Crippen LogP) is 2.37. The van der Waals surface area contributed by atoms with E-state index in [1.165, 1.54) is 0 Å². The molecule has 3 rings (SSSR count). The van der Waals surface area contributed by atoms with Gasteiger partial charge in [-0.3, -0.25) is 14.4 Å². The highest BCUT2D eigenvalue weighted by molar-refractivity contribution is 5.97. The standard InChI is InChI=1S/C20H27N3O3/c21-19(25)16-6-3-4-7-17(16)22-20(26)14-9-11-15(12-10-14)23-13-5-1-2-8-18(23)24/h9-12,16-17H,1-8,13H2,(H2,21,25)(H,22,26). The number of nitrogens with two attached hydrogens (primary N) is 1. The first-order valence-corrected chi connectivity index (χ1v) is 9.57. The summed E-state index contributed by atoms with van der Waals surface area (Å²) in [6, 6.07) is 6.94. The number of hydrogen-bond acceptors (Lipinski definition) is 3. The second-order valence-electron chi connectivity index (χ2n) is 7.28. The van der Waals surface area contributed by atoms with Crippen LogP contribution in [0, 0.1) is 5.92 Å². The third-order valence-electron chi connectivity index (χ3n) is 5.46. The number of rotatable bonds is 4. The third-order valence-corrected chi connectivity index (χ3v) is 5.46. The quantitative estimate of drug-likeness (QED) is 0.866. The molecule has 2 fully saturated rings. The fourth-order valence-electron chi connectivity index (χ4n) is 3.94. The third kappa shape index (κ3) is 4.23. The molecule has 1 aromatic carbocycles. The number of nitrogens with zero attached hydrogens (tertiary/aromatic N) is 1. The average molecular weight is 357 g/mol. The summed E-state index contributed by atoms with van der Waals surface area (Å²) in [6.07, 6.45) is 7.07. The number of hydrogen-bond donors (Lipinski definition) is 2. The van der Waals surface area contributed by atoms with Crippen LogP contribution in [-0.2, 0) is 9.59 Å². The highest BCUT2D eigenvalue weighted by Crippen LogP contribution is 2.25. The first-order valence-electron chi connectivity index (χ1n) is 9.57. The van der Waals surface area contributed by atoms with Crippen LogP contribution in [0.15, 0.2) is 24.3 Å². The number of benzene rings is 1. The van der Waals surface area contributed by atoms with Gasteiger partial charge in [-0.2, -0.15) is 0 Å². The molecule has 3 N–H and O–H groups in total. The van der Waals surface area contributed by atoms with Crippen molar-refractivity contribution in [2.45, 2.75) is 57.4 Å². The highest BCUT2D eigenvalue weighted by Gasteiger charge is 2.30. The highest BCUT2D eigenvalue weighted by atomic mass is 16.2. The molecular weight excluding hydrogens is 330 g/mol. The number of amides is 3. The van der Waals surface area contributed by atoms with Crippen LogP contribution in [0.25, 0.3) is 0 Å². The zero-order valence-corrected chi connectivity index (χ0v) is 15.1. The summed E-state index contributed by atoms with van der Waals surface area (Å²) in [6.45, 7) is 0.729. The van der Waals surface area contributed by atoms with E-state index in [0.29, 0.717) is 12.0 Å². The van der Waals surface area contributed by atoms with E-state index >= 15 is 0 Å². The minimum Gasteiger partial charge on any atom is -0.369 e. The van der Waals surface area contributed by atoms with Crippen LogP contribution in [0.1, 0.15) is 61.7 Å². The Morgan fingerprint density at radius 3 is 2.46 bits per heavy atom. The lowest BCUT2D eigenvalue weighted by atomic mass is 9.84. The summed E-state index contributed by atoms with van der Waals surface area (Å²) < 4.78 is 0. The van der Waals surface area contributed by atoms with Crippen LogP contribution in [0.5, 0.6) is 0 Å². The van der Waals surface area contributed by atoms with Crippen molar-refractivity contribution in [1.29, 1.82) is 0 Å².